The Bertz CT molecular complexity index is 674. The summed E-state index contributed by atoms with van der Waals surface area (Å²) in [5, 5.41) is 0. The van der Waals surface area contributed by atoms with Crippen molar-refractivity contribution in [2.75, 3.05) is 0 Å². The molecule has 0 aliphatic rings. The molecule has 0 amide bonds. The van der Waals surface area contributed by atoms with Crippen LogP contribution in [0.3, 0.4) is 0 Å². The molecular weight excluding hydrogens is 224 g/mol. The SMILES string of the molecule is Fc1ccc(-c2cn3cc(F)ccc3n2)nc1. The number of hydrogen-bond donors (Lipinski definition) is 0. The van der Waals surface area contributed by atoms with E-state index in [0.717, 1.165) is 6.20 Å². The Hall–Kier alpha value is -2.30. The zero-order chi connectivity index (χ0) is 11.8. The van der Waals surface area contributed by atoms with E-state index in [9.17, 15) is 8.78 Å². The normalized spacial score (nSPS) is 10.9. The Kier molecular flexibility index (Phi) is 2.11. The van der Waals surface area contributed by atoms with Crippen molar-refractivity contribution >= 4 is 5.65 Å². The van der Waals surface area contributed by atoms with E-state index in [-0.39, 0.29) is 5.82 Å². The van der Waals surface area contributed by atoms with Gasteiger partial charge in [0.25, 0.3) is 0 Å². The largest absolute Gasteiger partial charge is 0.303 e. The van der Waals surface area contributed by atoms with Crippen LogP contribution in [0, 0.1) is 11.6 Å². The van der Waals surface area contributed by atoms with Crippen molar-refractivity contribution in [2.24, 2.45) is 0 Å². The molecule has 0 aromatic carbocycles. The summed E-state index contributed by atoms with van der Waals surface area (Å²) in [6.07, 6.45) is 4.11. The number of fused-ring (bicyclic) bond motifs is 1. The zero-order valence-electron chi connectivity index (χ0n) is 8.64. The van der Waals surface area contributed by atoms with Crippen molar-refractivity contribution in [3.8, 4) is 11.4 Å². The van der Waals surface area contributed by atoms with Crippen LogP contribution in [-0.4, -0.2) is 14.4 Å². The van der Waals surface area contributed by atoms with Gasteiger partial charge in [0.15, 0.2) is 0 Å². The molecule has 3 aromatic rings. The van der Waals surface area contributed by atoms with Gasteiger partial charge in [-0.25, -0.2) is 13.8 Å². The van der Waals surface area contributed by atoms with Gasteiger partial charge in [-0.1, -0.05) is 0 Å². The molecule has 0 aliphatic carbocycles. The Morgan fingerprint density at radius 1 is 0.882 bits per heavy atom. The second-order valence-corrected chi connectivity index (χ2v) is 3.60. The molecule has 3 nitrogen and oxygen atoms in total. The van der Waals surface area contributed by atoms with Crippen LogP contribution in [0.4, 0.5) is 8.78 Å². The number of nitrogens with zero attached hydrogens (tertiary/aromatic N) is 3. The van der Waals surface area contributed by atoms with Gasteiger partial charge in [0.05, 0.1) is 11.9 Å². The predicted molar refractivity (Wildman–Crippen MR) is 58.3 cm³/mol. The van der Waals surface area contributed by atoms with Gasteiger partial charge in [-0.15, -0.1) is 0 Å². The minimum Gasteiger partial charge on any atom is -0.303 e. The highest BCUT2D eigenvalue weighted by atomic mass is 19.1. The molecule has 0 saturated heterocycles. The summed E-state index contributed by atoms with van der Waals surface area (Å²) in [6.45, 7) is 0. The number of halogens is 2. The molecule has 5 heteroatoms. The lowest BCUT2D eigenvalue weighted by molar-refractivity contribution is 0.619. The van der Waals surface area contributed by atoms with Gasteiger partial charge in [-0.2, -0.15) is 0 Å². The Morgan fingerprint density at radius 3 is 2.47 bits per heavy atom. The lowest BCUT2D eigenvalue weighted by atomic mass is 10.3. The first-order valence-corrected chi connectivity index (χ1v) is 4.98. The van der Waals surface area contributed by atoms with Crippen LogP contribution in [0.5, 0.6) is 0 Å². The smallest absolute Gasteiger partial charge is 0.141 e. The number of rotatable bonds is 1. The highest BCUT2D eigenvalue weighted by Gasteiger charge is 2.06. The zero-order valence-corrected chi connectivity index (χ0v) is 8.64. The molecule has 17 heavy (non-hydrogen) atoms. The van der Waals surface area contributed by atoms with Crippen molar-refractivity contribution in [3.05, 3.63) is 54.5 Å². The lowest BCUT2D eigenvalue weighted by Crippen LogP contribution is -1.83. The Morgan fingerprint density at radius 2 is 1.71 bits per heavy atom. The Balaban J connectivity index is 2.14. The highest BCUT2D eigenvalue weighted by molar-refractivity contribution is 5.58. The molecule has 3 heterocycles. The first-order valence-electron chi connectivity index (χ1n) is 4.98. The summed E-state index contributed by atoms with van der Waals surface area (Å²) < 4.78 is 27.3. The van der Waals surface area contributed by atoms with Crippen molar-refractivity contribution in [1.82, 2.24) is 14.4 Å². The maximum Gasteiger partial charge on any atom is 0.141 e. The van der Waals surface area contributed by atoms with Crippen LogP contribution in [0.2, 0.25) is 0 Å². The van der Waals surface area contributed by atoms with E-state index in [1.54, 1.807) is 16.7 Å². The molecule has 0 spiro atoms. The molecule has 0 fully saturated rings. The third-order valence-corrected chi connectivity index (χ3v) is 2.40. The third kappa shape index (κ3) is 1.75. The summed E-state index contributed by atoms with van der Waals surface area (Å²) in [7, 11) is 0. The molecule has 0 radical (unpaired) electrons. The second kappa shape index (κ2) is 3.62. The quantitative estimate of drug-likeness (QED) is 0.644. The van der Waals surface area contributed by atoms with Crippen LogP contribution in [-0.2, 0) is 0 Å². The topological polar surface area (TPSA) is 30.2 Å². The van der Waals surface area contributed by atoms with Crippen LogP contribution >= 0.6 is 0 Å². The van der Waals surface area contributed by atoms with Gasteiger partial charge in [-0.05, 0) is 24.3 Å². The van der Waals surface area contributed by atoms with E-state index >= 15 is 0 Å². The number of pyridine rings is 2. The summed E-state index contributed by atoms with van der Waals surface area (Å²) >= 11 is 0. The summed E-state index contributed by atoms with van der Waals surface area (Å²) in [5.41, 5.74) is 1.75. The van der Waals surface area contributed by atoms with Gasteiger partial charge in [0, 0.05) is 12.4 Å². The molecule has 0 bridgehead atoms. The van der Waals surface area contributed by atoms with Crippen LogP contribution < -0.4 is 0 Å². The molecule has 3 rings (SSSR count). The fourth-order valence-electron chi connectivity index (χ4n) is 1.62. The summed E-state index contributed by atoms with van der Waals surface area (Å²) in [4.78, 5) is 8.19. The molecule has 0 N–H and O–H groups in total. The monoisotopic (exact) mass is 231 g/mol. The standard InChI is InChI=1S/C12H7F2N3/c13-8-1-3-10(15-5-8)11-7-17-6-9(14)2-4-12(17)16-11/h1-7H. The maximum atomic E-state index is 13.0. The molecule has 3 aromatic heterocycles. The van der Waals surface area contributed by atoms with Crippen LogP contribution in [0.1, 0.15) is 0 Å². The van der Waals surface area contributed by atoms with Crippen LogP contribution in [0.15, 0.2) is 42.9 Å². The first kappa shape index (κ1) is 9.89. The van der Waals surface area contributed by atoms with E-state index in [1.165, 1.54) is 24.4 Å². The summed E-state index contributed by atoms with van der Waals surface area (Å²) in [5.74, 6) is -0.739. The predicted octanol–water partition coefficient (Wildman–Crippen LogP) is 2.67. The molecule has 0 atom stereocenters. The van der Waals surface area contributed by atoms with Gasteiger partial charge >= 0.3 is 0 Å². The number of hydrogen-bond acceptors (Lipinski definition) is 2. The molecule has 0 unspecified atom stereocenters. The van der Waals surface area contributed by atoms with E-state index in [0.29, 0.717) is 17.0 Å². The Labute approximate surface area is 95.4 Å². The van der Waals surface area contributed by atoms with Gasteiger partial charge in [0.2, 0.25) is 0 Å². The fourth-order valence-corrected chi connectivity index (χ4v) is 1.62. The van der Waals surface area contributed by atoms with Gasteiger partial charge in [0.1, 0.15) is 23.0 Å². The molecule has 0 aliphatic heterocycles. The van der Waals surface area contributed by atoms with E-state index < -0.39 is 5.82 Å². The molecule has 0 saturated carbocycles. The van der Waals surface area contributed by atoms with E-state index in [4.69, 9.17) is 0 Å². The van der Waals surface area contributed by atoms with Crippen molar-refractivity contribution in [1.29, 1.82) is 0 Å². The van der Waals surface area contributed by atoms with E-state index in [2.05, 4.69) is 9.97 Å². The van der Waals surface area contributed by atoms with Crippen molar-refractivity contribution in [3.63, 3.8) is 0 Å². The number of imidazole rings is 1. The first-order chi connectivity index (χ1) is 8.22. The molecular formula is C12H7F2N3. The van der Waals surface area contributed by atoms with Gasteiger partial charge in [-0.3, -0.25) is 4.98 Å². The minimum atomic E-state index is -0.399. The van der Waals surface area contributed by atoms with Crippen molar-refractivity contribution in [2.45, 2.75) is 0 Å². The minimum absolute atomic E-state index is 0.339. The lowest BCUT2D eigenvalue weighted by Gasteiger charge is -1.93. The second-order valence-electron chi connectivity index (χ2n) is 3.60. The fraction of sp³-hybridized carbons (Fsp3) is 0. The molecule has 84 valence electrons. The van der Waals surface area contributed by atoms with Crippen LogP contribution in [0.25, 0.3) is 17.0 Å². The third-order valence-electron chi connectivity index (χ3n) is 2.40. The van der Waals surface area contributed by atoms with Crippen molar-refractivity contribution < 1.29 is 8.78 Å². The highest BCUT2D eigenvalue weighted by Crippen LogP contribution is 2.17. The number of aromatic nitrogens is 3. The maximum absolute atomic E-state index is 13.0. The average Bonchev–Trinajstić information content (AvgIpc) is 2.72. The summed E-state index contributed by atoms with van der Waals surface area (Å²) in [6, 6.07) is 5.76. The van der Waals surface area contributed by atoms with E-state index in [1.807, 2.05) is 0 Å². The average molecular weight is 231 g/mol. The van der Waals surface area contributed by atoms with Gasteiger partial charge < -0.3 is 4.40 Å².